The zero-order chi connectivity index (χ0) is 32.2. The number of ether oxygens (including phenoxy) is 3. The first-order valence-electron chi connectivity index (χ1n) is 15.5. The van der Waals surface area contributed by atoms with E-state index in [0.29, 0.717) is 30.0 Å². The summed E-state index contributed by atoms with van der Waals surface area (Å²) in [5.41, 5.74) is 3.97. The van der Waals surface area contributed by atoms with E-state index in [2.05, 4.69) is 18.7 Å². The molecule has 8 heteroatoms. The predicted octanol–water partition coefficient (Wildman–Crippen LogP) is 7.49. The van der Waals surface area contributed by atoms with E-state index >= 15 is 0 Å². The van der Waals surface area contributed by atoms with Gasteiger partial charge in [0.2, 0.25) is 0 Å². The summed E-state index contributed by atoms with van der Waals surface area (Å²) in [6.45, 7) is 17.6. The second-order valence-electron chi connectivity index (χ2n) is 13.7. The number of aromatic nitrogens is 1. The minimum atomic E-state index is -1.09. The van der Waals surface area contributed by atoms with Gasteiger partial charge in [-0.3, -0.25) is 0 Å². The molecule has 0 bridgehead atoms. The third-order valence-electron chi connectivity index (χ3n) is 7.93. The van der Waals surface area contributed by atoms with Gasteiger partial charge in [-0.2, -0.15) is 4.73 Å². The summed E-state index contributed by atoms with van der Waals surface area (Å²) in [7, 11) is 0. The van der Waals surface area contributed by atoms with Crippen LogP contribution in [0.4, 0.5) is 10.1 Å². The van der Waals surface area contributed by atoms with E-state index in [4.69, 9.17) is 14.2 Å². The molecule has 1 fully saturated rings. The number of rotatable bonds is 10. The van der Waals surface area contributed by atoms with Crippen LogP contribution in [0.3, 0.4) is 0 Å². The van der Waals surface area contributed by atoms with Crippen LogP contribution in [0.25, 0.3) is 11.1 Å². The molecule has 1 unspecified atom stereocenters. The van der Waals surface area contributed by atoms with Crippen LogP contribution in [0.15, 0.2) is 54.7 Å². The average molecular weight is 607 g/mol. The smallest absolute Gasteiger partial charge is 0.340 e. The number of piperidine rings is 1. The van der Waals surface area contributed by atoms with Crippen molar-refractivity contribution in [3.8, 4) is 16.9 Å². The molecule has 44 heavy (non-hydrogen) atoms. The number of carbonyl (C=O) groups is 1. The van der Waals surface area contributed by atoms with Crippen LogP contribution in [0, 0.1) is 23.4 Å². The molecule has 0 saturated carbocycles. The zero-order valence-corrected chi connectivity index (χ0v) is 27.4. The van der Waals surface area contributed by atoms with Gasteiger partial charge in [0, 0.05) is 26.4 Å². The van der Waals surface area contributed by atoms with Crippen molar-refractivity contribution in [2.75, 3.05) is 24.6 Å². The van der Waals surface area contributed by atoms with E-state index in [1.807, 2.05) is 52.0 Å². The van der Waals surface area contributed by atoms with Gasteiger partial charge in [-0.25, -0.2) is 9.18 Å². The molecular weight excluding hydrogens is 559 g/mol. The standard InChI is InChI=1S/C36H47FN2O5/c1-24(2)43-34(40)33(44-35(4,5)6)30-23-39(41)25(3)31(32(30)38-20-18-36(7,8)19-21-38)27-11-15-29(16-12-27)42-22-17-26-9-13-28(37)14-10-26/h9-16,23-24,33H,17-22H2,1-8H3. The van der Waals surface area contributed by atoms with Gasteiger partial charge in [0.25, 0.3) is 0 Å². The Balaban J connectivity index is 1.75. The van der Waals surface area contributed by atoms with Crippen LogP contribution in [0.5, 0.6) is 5.75 Å². The second kappa shape index (κ2) is 13.6. The lowest BCUT2D eigenvalue weighted by molar-refractivity contribution is -0.612. The number of halogens is 1. The lowest BCUT2D eigenvalue weighted by Gasteiger charge is -2.40. The highest BCUT2D eigenvalue weighted by Gasteiger charge is 2.38. The van der Waals surface area contributed by atoms with Gasteiger partial charge in [-0.1, -0.05) is 38.1 Å². The van der Waals surface area contributed by atoms with Crippen LogP contribution in [0.1, 0.15) is 84.2 Å². The Hall–Kier alpha value is -3.65. The highest BCUT2D eigenvalue weighted by molar-refractivity contribution is 5.87. The molecule has 2 heterocycles. The molecule has 238 valence electrons. The molecule has 1 aromatic heterocycles. The first kappa shape index (κ1) is 33.2. The van der Waals surface area contributed by atoms with Crippen molar-refractivity contribution in [3.05, 3.63) is 82.6 Å². The Morgan fingerprint density at radius 2 is 1.66 bits per heavy atom. The van der Waals surface area contributed by atoms with Crippen molar-refractivity contribution in [1.29, 1.82) is 0 Å². The molecule has 4 rings (SSSR count). The SMILES string of the molecule is Cc1c(-c2ccc(OCCc3ccc(F)cc3)cc2)c(N2CCC(C)(C)CC2)c(C(OC(C)(C)C)C(=O)OC(C)C)c[n+]1[O-]. The summed E-state index contributed by atoms with van der Waals surface area (Å²) in [5, 5.41) is 13.5. The van der Waals surface area contributed by atoms with Crippen molar-refractivity contribution in [2.45, 2.75) is 92.5 Å². The van der Waals surface area contributed by atoms with Gasteiger partial charge in [0.1, 0.15) is 11.6 Å². The molecule has 0 spiro atoms. The number of esters is 1. The van der Waals surface area contributed by atoms with Crippen molar-refractivity contribution < 1.29 is 28.1 Å². The predicted molar refractivity (Wildman–Crippen MR) is 171 cm³/mol. The van der Waals surface area contributed by atoms with Crippen molar-refractivity contribution in [2.24, 2.45) is 5.41 Å². The van der Waals surface area contributed by atoms with E-state index in [1.165, 1.54) is 18.3 Å². The normalized spacial score (nSPS) is 15.7. The maximum Gasteiger partial charge on any atom is 0.340 e. The van der Waals surface area contributed by atoms with E-state index in [1.54, 1.807) is 26.0 Å². The topological polar surface area (TPSA) is 74.9 Å². The maximum absolute atomic E-state index is 13.6. The lowest BCUT2D eigenvalue weighted by atomic mass is 9.82. The Labute approximate surface area is 261 Å². The number of nitrogens with zero attached hydrogens (tertiary/aromatic N) is 2. The third kappa shape index (κ3) is 8.50. The van der Waals surface area contributed by atoms with Crippen LogP contribution >= 0.6 is 0 Å². The van der Waals surface area contributed by atoms with E-state index < -0.39 is 17.7 Å². The van der Waals surface area contributed by atoms with Crippen molar-refractivity contribution in [1.82, 2.24) is 0 Å². The molecule has 0 radical (unpaired) electrons. The molecule has 2 aromatic carbocycles. The summed E-state index contributed by atoms with van der Waals surface area (Å²) < 4.78 is 32.1. The number of pyridine rings is 1. The fourth-order valence-electron chi connectivity index (χ4n) is 5.47. The molecule has 3 aromatic rings. The first-order chi connectivity index (χ1) is 20.6. The van der Waals surface area contributed by atoms with Gasteiger partial charge in [-0.05, 0) is 88.3 Å². The number of hydrogen-bond donors (Lipinski definition) is 0. The first-order valence-corrected chi connectivity index (χ1v) is 15.5. The highest BCUT2D eigenvalue weighted by Crippen LogP contribution is 2.43. The Kier molecular flexibility index (Phi) is 10.2. The molecule has 1 atom stereocenters. The zero-order valence-electron chi connectivity index (χ0n) is 27.4. The fourth-order valence-corrected chi connectivity index (χ4v) is 5.47. The average Bonchev–Trinajstić information content (AvgIpc) is 2.94. The summed E-state index contributed by atoms with van der Waals surface area (Å²) in [4.78, 5) is 15.9. The van der Waals surface area contributed by atoms with Gasteiger partial charge >= 0.3 is 5.97 Å². The molecule has 7 nitrogen and oxygen atoms in total. The monoisotopic (exact) mass is 606 g/mol. The third-order valence-corrected chi connectivity index (χ3v) is 7.93. The van der Waals surface area contributed by atoms with Crippen molar-refractivity contribution >= 4 is 11.7 Å². The number of benzene rings is 2. The number of hydrogen-bond acceptors (Lipinski definition) is 6. The summed E-state index contributed by atoms with van der Waals surface area (Å²) in [6, 6.07) is 14.1. The van der Waals surface area contributed by atoms with Crippen molar-refractivity contribution in [3.63, 3.8) is 0 Å². The molecule has 0 aliphatic carbocycles. The molecule has 1 aliphatic heterocycles. The van der Waals surface area contributed by atoms with E-state index in [0.717, 1.165) is 53.0 Å². The Bertz CT molecular complexity index is 1420. The van der Waals surface area contributed by atoms with E-state index in [-0.39, 0.29) is 17.3 Å². The highest BCUT2D eigenvalue weighted by atomic mass is 19.1. The number of carbonyl (C=O) groups excluding carboxylic acids is 1. The van der Waals surface area contributed by atoms with Crippen LogP contribution in [-0.4, -0.2) is 37.4 Å². The number of anilines is 1. The quantitative estimate of drug-likeness (QED) is 0.135. The maximum atomic E-state index is 13.6. The second-order valence-corrected chi connectivity index (χ2v) is 13.7. The van der Waals surface area contributed by atoms with Crippen LogP contribution in [0.2, 0.25) is 0 Å². The molecule has 0 amide bonds. The summed E-state index contributed by atoms with van der Waals surface area (Å²) >= 11 is 0. The Morgan fingerprint density at radius 3 is 2.23 bits per heavy atom. The molecule has 1 saturated heterocycles. The minimum Gasteiger partial charge on any atom is -0.618 e. The van der Waals surface area contributed by atoms with Crippen LogP contribution in [-0.2, 0) is 20.7 Å². The largest absolute Gasteiger partial charge is 0.618 e. The van der Waals surface area contributed by atoms with Gasteiger partial charge in [0.15, 0.2) is 18.0 Å². The molecular formula is C36H47FN2O5. The summed E-state index contributed by atoms with van der Waals surface area (Å²) in [6.07, 6.45) is 2.65. The van der Waals surface area contributed by atoms with E-state index in [9.17, 15) is 14.4 Å². The fraction of sp³-hybridized carbons (Fsp3) is 0.500. The molecule has 1 aliphatic rings. The van der Waals surface area contributed by atoms with Crippen LogP contribution < -0.4 is 14.4 Å². The summed E-state index contributed by atoms with van der Waals surface area (Å²) in [5.74, 6) is -0.0895. The van der Waals surface area contributed by atoms with Gasteiger partial charge in [-0.15, -0.1) is 0 Å². The minimum absolute atomic E-state index is 0.198. The molecule has 0 N–H and O–H groups in total. The van der Waals surface area contributed by atoms with Gasteiger partial charge < -0.3 is 24.3 Å². The Morgan fingerprint density at radius 1 is 1.05 bits per heavy atom. The lowest BCUT2D eigenvalue weighted by Crippen LogP contribution is -2.42. The van der Waals surface area contributed by atoms with Gasteiger partial charge in [0.05, 0.1) is 35.1 Å².